The quantitative estimate of drug-likeness (QED) is 0.0719. The Morgan fingerprint density at radius 3 is 1.52 bits per heavy atom. The third kappa shape index (κ3) is 15.0. The van der Waals surface area contributed by atoms with E-state index in [2.05, 4.69) is 20.8 Å². The molecule has 0 aromatic carbocycles. The lowest BCUT2D eigenvalue weighted by molar-refractivity contribution is -0.170. The van der Waals surface area contributed by atoms with Crippen LogP contribution in [-0.4, -0.2) is 29.8 Å². The SMILES string of the molecule is CCCCCCCCCCCCOC1(OCCCCCCCC)CC2=C(N=C(CCCCCCCC)CC2=O)S1. The van der Waals surface area contributed by atoms with Gasteiger partial charge in [-0.15, -0.1) is 0 Å². The van der Waals surface area contributed by atoms with E-state index in [1.165, 1.54) is 122 Å². The van der Waals surface area contributed by atoms with E-state index in [4.69, 9.17) is 14.5 Å². The van der Waals surface area contributed by atoms with E-state index >= 15 is 0 Å². The molecule has 2 rings (SSSR count). The Hall–Kier alpha value is -0.650. The minimum absolute atomic E-state index is 0.242. The van der Waals surface area contributed by atoms with Crippen molar-refractivity contribution in [1.29, 1.82) is 0 Å². The fraction of sp³-hybridized carbons (Fsp3) is 0.886. The van der Waals surface area contributed by atoms with E-state index < -0.39 is 5.12 Å². The highest BCUT2D eigenvalue weighted by molar-refractivity contribution is 8.04. The van der Waals surface area contributed by atoms with Crippen LogP contribution in [0.2, 0.25) is 0 Å². The average molecular weight is 578 g/mol. The van der Waals surface area contributed by atoms with Gasteiger partial charge in [0.25, 0.3) is 0 Å². The number of hydrogen-bond donors (Lipinski definition) is 0. The van der Waals surface area contributed by atoms with Gasteiger partial charge in [-0.05, 0) is 37.4 Å². The molecule has 1 unspecified atom stereocenters. The van der Waals surface area contributed by atoms with Crippen molar-refractivity contribution in [3.63, 3.8) is 0 Å². The highest BCUT2D eigenvalue weighted by atomic mass is 32.2. The molecular weight excluding hydrogens is 514 g/mol. The van der Waals surface area contributed by atoms with Crippen LogP contribution in [0.25, 0.3) is 0 Å². The van der Waals surface area contributed by atoms with Gasteiger partial charge in [0.15, 0.2) is 5.78 Å². The van der Waals surface area contributed by atoms with Gasteiger partial charge in [0.1, 0.15) is 5.03 Å². The zero-order chi connectivity index (χ0) is 28.7. The topological polar surface area (TPSA) is 47.9 Å². The van der Waals surface area contributed by atoms with Gasteiger partial charge in [0.2, 0.25) is 5.12 Å². The normalized spacial score (nSPS) is 19.0. The van der Waals surface area contributed by atoms with Gasteiger partial charge >= 0.3 is 0 Å². The van der Waals surface area contributed by atoms with Crippen LogP contribution >= 0.6 is 11.8 Å². The molecule has 232 valence electrons. The molecule has 0 aromatic rings. The van der Waals surface area contributed by atoms with Crippen molar-refractivity contribution in [3.05, 3.63) is 10.6 Å². The molecular formula is C35H63NO3S. The van der Waals surface area contributed by atoms with Crippen molar-refractivity contribution < 1.29 is 14.3 Å². The van der Waals surface area contributed by atoms with Crippen LogP contribution in [0, 0.1) is 0 Å². The lowest BCUT2D eigenvalue weighted by Crippen LogP contribution is -2.32. The molecule has 0 N–H and O–H groups in total. The van der Waals surface area contributed by atoms with E-state index in [-0.39, 0.29) is 5.78 Å². The summed E-state index contributed by atoms with van der Waals surface area (Å²) in [5, 5.41) is 0.116. The number of rotatable bonds is 27. The molecule has 0 saturated heterocycles. The number of carbonyl (C=O) groups excluding carboxylic acids is 1. The summed E-state index contributed by atoms with van der Waals surface area (Å²) in [5.41, 5.74) is 1.91. The van der Waals surface area contributed by atoms with Crippen LogP contribution in [-0.2, 0) is 14.3 Å². The fourth-order valence-electron chi connectivity index (χ4n) is 5.70. The highest BCUT2D eigenvalue weighted by Crippen LogP contribution is 2.50. The molecule has 4 nitrogen and oxygen atoms in total. The Morgan fingerprint density at radius 1 is 0.625 bits per heavy atom. The van der Waals surface area contributed by atoms with E-state index in [1.54, 1.807) is 11.8 Å². The molecule has 0 radical (unpaired) electrons. The second-order valence-corrected chi connectivity index (χ2v) is 13.4. The van der Waals surface area contributed by atoms with Crippen LogP contribution in [0.15, 0.2) is 15.6 Å². The maximum absolute atomic E-state index is 13.1. The van der Waals surface area contributed by atoms with Crippen molar-refractivity contribution in [2.45, 2.75) is 186 Å². The monoisotopic (exact) mass is 577 g/mol. The Balaban J connectivity index is 1.80. The molecule has 0 aromatic heterocycles. The van der Waals surface area contributed by atoms with Gasteiger partial charge in [-0.25, -0.2) is 4.99 Å². The number of Topliss-reactive ketones (excluding diaryl/α,β-unsaturated/α-hetero) is 1. The number of aliphatic imine (C=N–C) groups is 1. The first-order chi connectivity index (χ1) is 19.6. The first-order valence-corrected chi connectivity index (χ1v) is 18.3. The summed E-state index contributed by atoms with van der Waals surface area (Å²) in [6.07, 6.45) is 30.1. The second kappa shape index (κ2) is 22.9. The Bertz CT molecular complexity index is 734. The van der Waals surface area contributed by atoms with Gasteiger partial charge in [-0.1, -0.05) is 143 Å². The summed E-state index contributed by atoms with van der Waals surface area (Å²) in [7, 11) is 0. The molecule has 2 aliphatic heterocycles. The van der Waals surface area contributed by atoms with Crippen LogP contribution in [0.4, 0.5) is 0 Å². The largest absolute Gasteiger partial charge is 0.341 e. The number of nitrogens with zero attached hydrogens (tertiary/aromatic N) is 1. The standard InChI is InChI=1S/C35H63NO3S/c1-4-7-10-13-16-17-18-19-22-25-28-39-35(38-27-24-21-15-12-9-6-3)30-32-33(37)29-31(36-34(32)40-35)26-23-20-14-11-8-5-2/h4-30H2,1-3H3. The number of thioether (sulfide) groups is 1. The van der Waals surface area contributed by atoms with Crippen molar-refractivity contribution in [2.75, 3.05) is 13.2 Å². The number of carbonyl (C=O) groups is 1. The zero-order valence-electron chi connectivity index (χ0n) is 26.7. The lowest BCUT2D eigenvalue weighted by Gasteiger charge is -2.29. The van der Waals surface area contributed by atoms with Crippen molar-refractivity contribution in [2.24, 2.45) is 4.99 Å². The number of hydrogen-bond acceptors (Lipinski definition) is 5. The Labute approximate surface area is 252 Å². The maximum atomic E-state index is 13.1. The average Bonchev–Trinajstić information content (AvgIpc) is 3.32. The molecule has 2 heterocycles. The minimum atomic E-state index is -0.762. The van der Waals surface area contributed by atoms with Gasteiger partial charge in [0, 0.05) is 24.1 Å². The first kappa shape index (κ1) is 35.5. The summed E-state index contributed by atoms with van der Waals surface area (Å²) in [5.74, 6) is 0.242. The summed E-state index contributed by atoms with van der Waals surface area (Å²) in [6.45, 7) is 8.18. The summed E-state index contributed by atoms with van der Waals surface area (Å²) in [4.78, 5) is 18.1. The summed E-state index contributed by atoms with van der Waals surface area (Å²) < 4.78 is 13.0. The first-order valence-electron chi connectivity index (χ1n) is 17.4. The highest BCUT2D eigenvalue weighted by Gasteiger charge is 2.45. The number of ether oxygens (including phenoxy) is 2. The Morgan fingerprint density at radius 2 is 1.05 bits per heavy atom. The molecule has 0 spiro atoms. The molecule has 0 saturated carbocycles. The van der Waals surface area contributed by atoms with E-state index in [9.17, 15) is 4.79 Å². The van der Waals surface area contributed by atoms with Crippen molar-refractivity contribution in [1.82, 2.24) is 0 Å². The zero-order valence-corrected chi connectivity index (χ0v) is 27.5. The molecule has 1 atom stereocenters. The van der Waals surface area contributed by atoms with E-state index in [1.807, 2.05) is 0 Å². The molecule has 0 amide bonds. The van der Waals surface area contributed by atoms with Gasteiger partial charge in [-0.2, -0.15) is 0 Å². The molecule has 0 aliphatic carbocycles. The molecule has 0 bridgehead atoms. The van der Waals surface area contributed by atoms with Crippen molar-refractivity contribution in [3.8, 4) is 0 Å². The van der Waals surface area contributed by atoms with Gasteiger partial charge in [-0.3, -0.25) is 4.79 Å². The van der Waals surface area contributed by atoms with Crippen LogP contribution in [0.5, 0.6) is 0 Å². The van der Waals surface area contributed by atoms with Crippen LogP contribution in [0.3, 0.4) is 0 Å². The van der Waals surface area contributed by atoms with Gasteiger partial charge in [0.05, 0.1) is 13.2 Å². The molecule has 2 aliphatic rings. The molecule has 0 fully saturated rings. The van der Waals surface area contributed by atoms with E-state index in [0.29, 0.717) is 26.1 Å². The number of unbranched alkanes of at least 4 members (excludes halogenated alkanes) is 19. The van der Waals surface area contributed by atoms with E-state index in [0.717, 1.165) is 42.0 Å². The van der Waals surface area contributed by atoms with Gasteiger partial charge < -0.3 is 9.47 Å². The Kier molecular flexibility index (Phi) is 20.3. The van der Waals surface area contributed by atoms with Crippen LogP contribution in [0.1, 0.15) is 181 Å². The maximum Gasteiger partial charge on any atom is 0.228 e. The predicted molar refractivity (Wildman–Crippen MR) is 174 cm³/mol. The second-order valence-electron chi connectivity index (χ2n) is 12.2. The molecule has 40 heavy (non-hydrogen) atoms. The summed E-state index contributed by atoms with van der Waals surface area (Å²) in [6, 6.07) is 0. The van der Waals surface area contributed by atoms with Crippen molar-refractivity contribution >= 4 is 23.3 Å². The van der Waals surface area contributed by atoms with Crippen LogP contribution < -0.4 is 0 Å². The predicted octanol–water partition coefficient (Wildman–Crippen LogP) is 11.5. The fourth-order valence-corrected chi connectivity index (χ4v) is 6.98. The lowest BCUT2D eigenvalue weighted by atomic mass is 9.97. The number of ketones is 1. The third-order valence-electron chi connectivity index (χ3n) is 8.32. The molecule has 5 heteroatoms. The minimum Gasteiger partial charge on any atom is -0.341 e. The summed E-state index contributed by atoms with van der Waals surface area (Å²) >= 11 is 1.58. The third-order valence-corrected chi connectivity index (χ3v) is 9.55. The smallest absolute Gasteiger partial charge is 0.228 e.